The molecule has 1 aliphatic rings. The highest BCUT2D eigenvalue weighted by Crippen LogP contribution is 2.34. The van der Waals surface area contributed by atoms with Crippen LogP contribution in [0.2, 0.25) is 0 Å². The molecule has 6 heteroatoms. The van der Waals surface area contributed by atoms with Gasteiger partial charge in [-0.3, -0.25) is 4.79 Å². The summed E-state index contributed by atoms with van der Waals surface area (Å²) in [7, 11) is 0. The second-order valence-electron chi connectivity index (χ2n) is 6.90. The van der Waals surface area contributed by atoms with Gasteiger partial charge in [0, 0.05) is 17.2 Å². The number of carbonyl (C=O) groups excluding carboxylic acids is 1. The van der Waals surface area contributed by atoms with Crippen LogP contribution in [0.15, 0.2) is 53.1 Å². The number of para-hydroxylation sites is 1. The van der Waals surface area contributed by atoms with Gasteiger partial charge in [-0.05, 0) is 44.0 Å². The second kappa shape index (κ2) is 8.25. The molecule has 4 rings (SSSR count). The van der Waals surface area contributed by atoms with Crippen LogP contribution in [-0.4, -0.2) is 22.7 Å². The molecule has 0 saturated heterocycles. The Balaban J connectivity index is 1.52. The number of anilines is 1. The molecular formula is C22H23N3O3. The van der Waals surface area contributed by atoms with Crippen LogP contribution in [0.4, 0.5) is 5.69 Å². The Labute approximate surface area is 163 Å². The highest BCUT2D eigenvalue weighted by atomic mass is 16.5. The first-order valence-electron chi connectivity index (χ1n) is 9.72. The number of ether oxygens (including phenoxy) is 1. The van der Waals surface area contributed by atoms with E-state index in [-0.39, 0.29) is 5.91 Å². The Kier molecular flexibility index (Phi) is 5.37. The molecule has 0 bridgehead atoms. The number of rotatable bonds is 6. The Bertz CT molecular complexity index is 961. The van der Waals surface area contributed by atoms with E-state index in [1.165, 1.54) is 12.8 Å². The van der Waals surface area contributed by atoms with Gasteiger partial charge in [-0.2, -0.15) is 4.98 Å². The molecule has 1 aliphatic carbocycles. The van der Waals surface area contributed by atoms with Crippen molar-refractivity contribution in [1.82, 2.24) is 10.1 Å². The standard InChI is InChI=1S/C22H23N3O3/c1-2-27-19-13-6-5-12-18(19)21(26)23-17-11-7-10-16(14-17)20-24-22(28-25-20)15-8-3-4-9-15/h5-7,10-15H,2-4,8-9H2,1H3,(H,23,26). The predicted octanol–water partition coefficient (Wildman–Crippen LogP) is 5.05. The molecule has 28 heavy (non-hydrogen) atoms. The molecular weight excluding hydrogens is 354 g/mol. The van der Waals surface area contributed by atoms with Crippen LogP contribution in [0.25, 0.3) is 11.4 Å². The van der Waals surface area contributed by atoms with E-state index in [4.69, 9.17) is 9.26 Å². The number of nitrogens with zero attached hydrogens (tertiary/aromatic N) is 2. The molecule has 1 saturated carbocycles. The summed E-state index contributed by atoms with van der Waals surface area (Å²) in [5.74, 6) is 1.98. The number of hydrogen-bond donors (Lipinski definition) is 1. The third kappa shape index (κ3) is 3.91. The van der Waals surface area contributed by atoms with E-state index in [0.717, 1.165) is 18.4 Å². The third-order valence-electron chi connectivity index (χ3n) is 4.96. The maximum atomic E-state index is 12.7. The Morgan fingerprint density at radius 3 is 2.82 bits per heavy atom. The Hall–Kier alpha value is -3.15. The zero-order chi connectivity index (χ0) is 19.3. The lowest BCUT2D eigenvalue weighted by Crippen LogP contribution is -2.13. The summed E-state index contributed by atoms with van der Waals surface area (Å²) >= 11 is 0. The zero-order valence-electron chi connectivity index (χ0n) is 15.9. The molecule has 1 aromatic heterocycles. The van der Waals surface area contributed by atoms with Crippen molar-refractivity contribution in [1.29, 1.82) is 0 Å². The van der Waals surface area contributed by atoms with Gasteiger partial charge in [0.25, 0.3) is 5.91 Å². The number of hydrogen-bond acceptors (Lipinski definition) is 5. The van der Waals surface area contributed by atoms with Crippen LogP contribution in [0.3, 0.4) is 0 Å². The van der Waals surface area contributed by atoms with Gasteiger partial charge in [0.1, 0.15) is 5.75 Å². The Morgan fingerprint density at radius 2 is 2.00 bits per heavy atom. The van der Waals surface area contributed by atoms with Crippen LogP contribution in [0, 0.1) is 0 Å². The fourth-order valence-corrected chi connectivity index (χ4v) is 3.56. The van der Waals surface area contributed by atoms with E-state index in [1.807, 2.05) is 43.3 Å². The van der Waals surface area contributed by atoms with Crippen LogP contribution >= 0.6 is 0 Å². The monoisotopic (exact) mass is 377 g/mol. The summed E-state index contributed by atoms with van der Waals surface area (Å²) < 4.78 is 11.0. The molecule has 2 aromatic carbocycles. The van der Waals surface area contributed by atoms with Gasteiger partial charge in [0.2, 0.25) is 11.7 Å². The lowest BCUT2D eigenvalue weighted by Gasteiger charge is -2.10. The van der Waals surface area contributed by atoms with Crippen molar-refractivity contribution in [3.8, 4) is 17.1 Å². The molecule has 1 fully saturated rings. The van der Waals surface area contributed by atoms with Crippen molar-refractivity contribution in [2.75, 3.05) is 11.9 Å². The summed E-state index contributed by atoms with van der Waals surface area (Å²) in [4.78, 5) is 17.3. The van der Waals surface area contributed by atoms with Crippen molar-refractivity contribution < 1.29 is 14.1 Å². The number of aromatic nitrogens is 2. The largest absolute Gasteiger partial charge is 0.493 e. The number of carbonyl (C=O) groups is 1. The highest BCUT2D eigenvalue weighted by molar-refractivity contribution is 6.06. The van der Waals surface area contributed by atoms with E-state index in [9.17, 15) is 4.79 Å². The predicted molar refractivity (Wildman–Crippen MR) is 107 cm³/mol. The molecule has 0 unspecified atom stereocenters. The second-order valence-corrected chi connectivity index (χ2v) is 6.90. The van der Waals surface area contributed by atoms with E-state index in [2.05, 4.69) is 15.5 Å². The number of benzene rings is 2. The van der Waals surface area contributed by atoms with E-state index < -0.39 is 0 Å². The van der Waals surface area contributed by atoms with E-state index >= 15 is 0 Å². The third-order valence-corrected chi connectivity index (χ3v) is 4.96. The minimum Gasteiger partial charge on any atom is -0.493 e. The summed E-state index contributed by atoms with van der Waals surface area (Å²) in [6, 6.07) is 14.7. The molecule has 6 nitrogen and oxygen atoms in total. The zero-order valence-corrected chi connectivity index (χ0v) is 15.9. The Morgan fingerprint density at radius 1 is 1.18 bits per heavy atom. The topological polar surface area (TPSA) is 77.2 Å². The van der Waals surface area contributed by atoms with Crippen molar-refractivity contribution in [2.45, 2.75) is 38.5 Å². The average Bonchev–Trinajstić information content (AvgIpc) is 3.41. The molecule has 3 aromatic rings. The minimum atomic E-state index is -0.221. The lowest BCUT2D eigenvalue weighted by atomic mass is 10.1. The fraction of sp³-hybridized carbons (Fsp3) is 0.318. The van der Waals surface area contributed by atoms with E-state index in [1.54, 1.807) is 12.1 Å². The summed E-state index contributed by atoms with van der Waals surface area (Å²) in [6.45, 7) is 2.39. The molecule has 1 N–H and O–H groups in total. The quantitative estimate of drug-likeness (QED) is 0.651. The van der Waals surface area contributed by atoms with Crippen molar-refractivity contribution in [3.63, 3.8) is 0 Å². The van der Waals surface area contributed by atoms with Gasteiger partial charge in [0.15, 0.2) is 0 Å². The molecule has 144 valence electrons. The average molecular weight is 377 g/mol. The minimum absolute atomic E-state index is 0.221. The highest BCUT2D eigenvalue weighted by Gasteiger charge is 2.23. The maximum Gasteiger partial charge on any atom is 0.259 e. The van der Waals surface area contributed by atoms with Gasteiger partial charge < -0.3 is 14.6 Å². The van der Waals surface area contributed by atoms with Gasteiger partial charge in [-0.1, -0.05) is 42.3 Å². The first-order valence-corrected chi connectivity index (χ1v) is 9.72. The normalized spacial score (nSPS) is 14.2. The van der Waals surface area contributed by atoms with Crippen molar-refractivity contribution in [2.24, 2.45) is 0 Å². The van der Waals surface area contributed by atoms with Crippen LogP contribution in [0.1, 0.15) is 54.8 Å². The van der Waals surface area contributed by atoms with Gasteiger partial charge >= 0.3 is 0 Å². The van der Waals surface area contributed by atoms with Crippen molar-refractivity contribution in [3.05, 3.63) is 60.0 Å². The summed E-state index contributed by atoms with van der Waals surface area (Å²) in [6.07, 6.45) is 4.65. The van der Waals surface area contributed by atoms with Gasteiger partial charge in [-0.15, -0.1) is 0 Å². The first kappa shape index (κ1) is 18.2. The van der Waals surface area contributed by atoms with Crippen LogP contribution in [0.5, 0.6) is 5.75 Å². The fourth-order valence-electron chi connectivity index (χ4n) is 3.56. The number of amides is 1. The van der Waals surface area contributed by atoms with E-state index in [0.29, 0.717) is 41.2 Å². The first-order chi connectivity index (χ1) is 13.7. The van der Waals surface area contributed by atoms with Crippen molar-refractivity contribution >= 4 is 11.6 Å². The smallest absolute Gasteiger partial charge is 0.259 e. The summed E-state index contributed by atoms with van der Waals surface area (Å²) in [5, 5.41) is 7.05. The SMILES string of the molecule is CCOc1ccccc1C(=O)Nc1cccc(-c2noc(C3CCCC3)n2)c1. The molecule has 0 spiro atoms. The molecule has 1 amide bonds. The lowest BCUT2D eigenvalue weighted by molar-refractivity contribution is 0.102. The van der Waals surface area contributed by atoms with Gasteiger partial charge in [-0.25, -0.2) is 0 Å². The molecule has 1 heterocycles. The summed E-state index contributed by atoms with van der Waals surface area (Å²) in [5.41, 5.74) is 1.97. The van der Waals surface area contributed by atoms with Crippen LogP contribution < -0.4 is 10.1 Å². The molecule has 0 aliphatic heterocycles. The van der Waals surface area contributed by atoms with Gasteiger partial charge in [0.05, 0.1) is 12.2 Å². The maximum absolute atomic E-state index is 12.7. The van der Waals surface area contributed by atoms with Crippen LogP contribution in [-0.2, 0) is 0 Å². The number of nitrogens with one attached hydrogen (secondary N) is 1. The molecule has 0 radical (unpaired) electrons. The molecule has 0 atom stereocenters.